The first kappa shape index (κ1) is 24.6. The Labute approximate surface area is 185 Å². The molecule has 1 fully saturated rings. The maximum atomic E-state index is 14.1. The second-order valence-corrected chi connectivity index (χ2v) is 8.79. The molecule has 1 saturated heterocycles. The summed E-state index contributed by atoms with van der Waals surface area (Å²) in [5.74, 6) is -3.11. The van der Waals surface area contributed by atoms with Crippen LogP contribution >= 0.6 is 13.5 Å². The lowest BCUT2D eigenvalue weighted by Gasteiger charge is -2.13. The summed E-state index contributed by atoms with van der Waals surface area (Å²) in [5, 5.41) is 10.9. The molecule has 1 heterocycles. The van der Waals surface area contributed by atoms with E-state index in [-0.39, 0.29) is 41.4 Å². The quantitative estimate of drug-likeness (QED) is 0.696. The summed E-state index contributed by atoms with van der Waals surface area (Å²) in [6, 6.07) is 6.62. The second kappa shape index (κ2) is 10.1. The number of nitrogens with zero attached hydrogens (tertiary/aromatic N) is 1. The van der Waals surface area contributed by atoms with Gasteiger partial charge in [0.25, 0.3) is 5.91 Å². The lowest BCUT2D eigenvalue weighted by molar-refractivity contribution is 0.102. The Kier molecular flexibility index (Phi) is 8.00. The summed E-state index contributed by atoms with van der Waals surface area (Å²) in [5.41, 5.74) is -1.16. The van der Waals surface area contributed by atoms with Crippen LogP contribution in [0.1, 0.15) is 22.3 Å². The molecule has 0 spiro atoms. The third-order valence-corrected chi connectivity index (χ3v) is 6.56. The molecular weight excluding hydrogens is 450 g/mol. The van der Waals surface area contributed by atoms with Gasteiger partial charge in [0.05, 0.1) is 41.2 Å². The van der Waals surface area contributed by atoms with E-state index < -0.39 is 38.6 Å². The van der Waals surface area contributed by atoms with Crippen LogP contribution in [0.25, 0.3) is 0 Å². The highest BCUT2D eigenvalue weighted by Crippen LogP contribution is 2.27. The van der Waals surface area contributed by atoms with Crippen molar-refractivity contribution in [1.82, 2.24) is 0 Å². The van der Waals surface area contributed by atoms with Gasteiger partial charge < -0.3 is 14.8 Å². The molecule has 2 aromatic rings. The van der Waals surface area contributed by atoms with Crippen molar-refractivity contribution < 1.29 is 31.5 Å². The molecule has 0 aromatic heterocycles. The molecule has 0 unspecified atom stereocenters. The fraction of sp³-hybridized carbons (Fsp3) is 0.300. The molecule has 1 aliphatic heterocycles. The van der Waals surface area contributed by atoms with Gasteiger partial charge in [-0.05, 0) is 36.6 Å². The van der Waals surface area contributed by atoms with Crippen molar-refractivity contribution in [2.24, 2.45) is 5.92 Å². The molecule has 1 aliphatic rings. The van der Waals surface area contributed by atoms with E-state index in [1.54, 1.807) is 0 Å². The third-order valence-electron chi connectivity index (χ3n) is 4.68. The molecule has 0 aliphatic carbocycles. The molecule has 31 heavy (non-hydrogen) atoms. The van der Waals surface area contributed by atoms with Gasteiger partial charge in [-0.3, -0.25) is 4.79 Å². The Hall–Kier alpha value is -2.68. The summed E-state index contributed by atoms with van der Waals surface area (Å²) in [4.78, 5) is 12.6. The molecule has 1 N–H and O–H groups in total. The predicted molar refractivity (Wildman–Crippen MR) is 113 cm³/mol. The van der Waals surface area contributed by atoms with Crippen LogP contribution in [0.2, 0.25) is 0 Å². The van der Waals surface area contributed by atoms with E-state index in [2.05, 4.69) is 5.32 Å². The highest BCUT2D eigenvalue weighted by Gasteiger charge is 2.26. The number of sulfone groups is 1. The standard InChI is InChI=1S/C20H18F2N2O5S.H2S/c1-28-19-3-2-14(30(26,27)11-12-4-5-29-10-12)7-15(19)20(25)24-18-8-16(21)13(9-23)6-17(18)22;/h2-3,6-8,12H,4-5,10-11H2,1H3,(H,24,25);1H2/t12-;/m0./s1. The predicted octanol–water partition coefficient (Wildman–Crippen LogP) is 3.02. The van der Waals surface area contributed by atoms with Gasteiger partial charge in [-0.2, -0.15) is 18.8 Å². The number of anilines is 1. The number of halogens is 2. The van der Waals surface area contributed by atoms with Crippen LogP contribution in [0.4, 0.5) is 14.5 Å². The van der Waals surface area contributed by atoms with E-state index in [0.717, 1.165) is 6.07 Å². The van der Waals surface area contributed by atoms with Gasteiger partial charge in [0.15, 0.2) is 9.84 Å². The number of rotatable bonds is 6. The van der Waals surface area contributed by atoms with Crippen LogP contribution < -0.4 is 10.1 Å². The van der Waals surface area contributed by atoms with Crippen molar-refractivity contribution in [2.45, 2.75) is 11.3 Å². The summed E-state index contributed by atoms with van der Waals surface area (Å²) >= 11 is 0. The third kappa shape index (κ3) is 5.52. The fourth-order valence-electron chi connectivity index (χ4n) is 3.10. The average Bonchev–Trinajstić information content (AvgIpc) is 3.22. The van der Waals surface area contributed by atoms with E-state index in [1.165, 1.54) is 25.3 Å². The first-order valence-electron chi connectivity index (χ1n) is 8.94. The Morgan fingerprint density at radius 3 is 2.65 bits per heavy atom. The second-order valence-electron chi connectivity index (χ2n) is 6.75. The molecule has 7 nitrogen and oxygen atoms in total. The van der Waals surface area contributed by atoms with Crippen LogP contribution in [-0.2, 0) is 14.6 Å². The van der Waals surface area contributed by atoms with Crippen molar-refractivity contribution in [3.63, 3.8) is 0 Å². The van der Waals surface area contributed by atoms with Crippen molar-refractivity contribution in [2.75, 3.05) is 31.4 Å². The number of nitriles is 1. The van der Waals surface area contributed by atoms with E-state index in [4.69, 9.17) is 14.7 Å². The zero-order valence-electron chi connectivity index (χ0n) is 16.4. The number of amides is 1. The summed E-state index contributed by atoms with van der Waals surface area (Å²) in [6.07, 6.45) is 0.631. The molecule has 166 valence electrons. The van der Waals surface area contributed by atoms with Crippen LogP contribution in [-0.4, -0.2) is 40.4 Å². The Morgan fingerprint density at radius 1 is 1.29 bits per heavy atom. The van der Waals surface area contributed by atoms with E-state index in [9.17, 15) is 22.0 Å². The number of carbonyl (C=O) groups excluding carboxylic acids is 1. The number of methoxy groups -OCH3 is 1. The van der Waals surface area contributed by atoms with Gasteiger partial charge in [0.2, 0.25) is 0 Å². The van der Waals surface area contributed by atoms with Gasteiger partial charge in [-0.25, -0.2) is 17.2 Å². The van der Waals surface area contributed by atoms with Crippen LogP contribution in [0, 0.1) is 28.9 Å². The lowest BCUT2D eigenvalue weighted by atomic mass is 10.1. The van der Waals surface area contributed by atoms with Gasteiger partial charge in [-0.15, -0.1) is 0 Å². The molecule has 0 radical (unpaired) electrons. The molecule has 1 atom stereocenters. The Balaban J connectivity index is 0.00000341. The first-order valence-corrected chi connectivity index (χ1v) is 10.6. The number of hydrogen-bond acceptors (Lipinski definition) is 6. The minimum atomic E-state index is -3.71. The van der Waals surface area contributed by atoms with Gasteiger partial charge in [-0.1, -0.05) is 0 Å². The van der Waals surface area contributed by atoms with Gasteiger partial charge in [0.1, 0.15) is 23.5 Å². The van der Waals surface area contributed by atoms with Crippen molar-refractivity contribution in [1.29, 1.82) is 5.26 Å². The molecule has 3 rings (SSSR count). The minimum absolute atomic E-state index is 0. The highest BCUT2D eigenvalue weighted by molar-refractivity contribution is 7.91. The number of benzene rings is 2. The zero-order valence-corrected chi connectivity index (χ0v) is 18.3. The molecule has 0 bridgehead atoms. The normalized spacial score (nSPS) is 15.6. The minimum Gasteiger partial charge on any atom is -0.496 e. The topological polar surface area (TPSA) is 105 Å². The average molecular weight is 471 g/mol. The summed E-state index contributed by atoms with van der Waals surface area (Å²) < 4.78 is 63.6. The molecule has 11 heteroatoms. The number of carbonyl (C=O) groups is 1. The fourth-order valence-corrected chi connectivity index (χ4v) is 4.75. The smallest absolute Gasteiger partial charge is 0.259 e. The molecular formula is C20H20F2N2O5S2. The van der Waals surface area contributed by atoms with Crippen LogP contribution in [0.15, 0.2) is 35.2 Å². The summed E-state index contributed by atoms with van der Waals surface area (Å²) in [6.45, 7) is 0.857. The van der Waals surface area contributed by atoms with Crippen LogP contribution in [0.3, 0.4) is 0 Å². The van der Waals surface area contributed by atoms with Gasteiger partial charge in [0, 0.05) is 12.7 Å². The summed E-state index contributed by atoms with van der Waals surface area (Å²) in [7, 11) is -2.42. The molecule has 0 saturated carbocycles. The first-order chi connectivity index (χ1) is 14.2. The van der Waals surface area contributed by atoms with Crippen LogP contribution in [0.5, 0.6) is 5.75 Å². The Morgan fingerprint density at radius 2 is 2.03 bits per heavy atom. The maximum absolute atomic E-state index is 14.1. The Bertz CT molecular complexity index is 1130. The van der Waals surface area contributed by atoms with Crippen molar-refractivity contribution in [3.05, 3.63) is 53.1 Å². The highest BCUT2D eigenvalue weighted by atomic mass is 32.2. The zero-order chi connectivity index (χ0) is 21.9. The van der Waals surface area contributed by atoms with E-state index in [0.29, 0.717) is 31.8 Å². The molecule has 1 amide bonds. The number of ether oxygens (including phenoxy) is 2. The monoisotopic (exact) mass is 470 g/mol. The SMILES string of the molecule is COc1ccc(S(=O)(=O)C[C@H]2CCOC2)cc1C(=O)Nc1cc(F)c(C#N)cc1F.S. The van der Waals surface area contributed by atoms with E-state index in [1.807, 2.05) is 0 Å². The lowest BCUT2D eigenvalue weighted by Crippen LogP contribution is -2.18. The largest absolute Gasteiger partial charge is 0.496 e. The van der Waals surface area contributed by atoms with E-state index >= 15 is 0 Å². The van der Waals surface area contributed by atoms with Crippen molar-refractivity contribution in [3.8, 4) is 11.8 Å². The van der Waals surface area contributed by atoms with Crippen molar-refractivity contribution >= 4 is 34.9 Å². The maximum Gasteiger partial charge on any atom is 0.259 e. The van der Waals surface area contributed by atoms with Gasteiger partial charge >= 0.3 is 0 Å². The number of hydrogen-bond donors (Lipinski definition) is 1. The number of nitrogens with one attached hydrogen (secondary N) is 1. The molecule has 2 aromatic carbocycles.